The number of hydrogen-bond acceptors (Lipinski definition) is 5. The Kier molecular flexibility index (Phi) is 4.30. The van der Waals surface area contributed by atoms with Gasteiger partial charge in [-0.3, -0.25) is 10.1 Å². The fourth-order valence-electron chi connectivity index (χ4n) is 3.05. The molecule has 1 N–H and O–H groups in total. The van der Waals surface area contributed by atoms with Crippen LogP contribution in [0.2, 0.25) is 0 Å². The summed E-state index contributed by atoms with van der Waals surface area (Å²) in [5.41, 5.74) is 1.54. The molecule has 29 heavy (non-hydrogen) atoms. The zero-order valence-corrected chi connectivity index (χ0v) is 17.2. The van der Waals surface area contributed by atoms with Crippen LogP contribution in [0.15, 0.2) is 42.6 Å². The van der Waals surface area contributed by atoms with E-state index >= 15 is 0 Å². The summed E-state index contributed by atoms with van der Waals surface area (Å²) in [6, 6.07) is 10.1. The van der Waals surface area contributed by atoms with Crippen molar-refractivity contribution in [2.24, 2.45) is 0 Å². The Morgan fingerprint density at radius 1 is 1.10 bits per heavy atom. The van der Waals surface area contributed by atoms with Gasteiger partial charge in [0.25, 0.3) is 0 Å². The maximum absolute atomic E-state index is 14.3. The third-order valence-electron chi connectivity index (χ3n) is 4.71. The number of H-pyrrole nitrogens is 1. The average Bonchev–Trinajstić information content (AvgIpc) is 3.04. The molecule has 4 rings (SSSR count). The number of halogens is 1. The maximum Gasteiger partial charge on any atom is 0.245 e. The van der Waals surface area contributed by atoms with E-state index in [1.807, 2.05) is 12.1 Å². The molecule has 0 spiro atoms. The summed E-state index contributed by atoms with van der Waals surface area (Å²) in [5.74, 6) is -0.467. The van der Waals surface area contributed by atoms with E-state index in [9.17, 15) is 12.8 Å². The minimum absolute atomic E-state index is 0.0673. The normalized spacial score (nSPS) is 12.6. The highest BCUT2D eigenvalue weighted by atomic mass is 32.2. The standard InChI is InChI=1S/C20H20FN5O2S/c1-12-15(21)11-14-18(23-12)24-25-19(14)26(29(27,28)20(2,3)4)17-9-10-22-16-8-6-5-7-13(16)17/h5-11H,1-4H3,(H,23,24,25). The summed E-state index contributed by atoms with van der Waals surface area (Å²) in [6.07, 6.45) is 1.54. The van der Waals surface area contributed by atoms with Crippen LogP contribution in [0.5, 0.6) is 0 Å². The Labute approximate surface area is 167 Å². The summed E-state index contributed by atoms with van der Waals surface area (Å²) in [7, 11) is -3.95. The lowest BCUT2D eigenvalue weighted by molar-refractivity contribution is 0.560. The summed E-state index contributed by atoms with van der Waals surface area (Å²) < 4.78 is 41.5. The third-order valence-corrected chi connectivity index (χ3v) is 7.11. The highest BCUT2D eigenvalue weighted by Crippen LogP contribution is 2.39. The summed E-state index contributed by atoms with van der Waals surface area (Å²) in [4.78, 5) is 8.47. The lowest BCUT2D eigenvalue weighted by Gasteiger charge is -2.30. The molecule has 0 unspecified atom stereocenters. The molecule has 7 nitrogen and oxygen atoms in total. The molecule has 0 aliphatic carbocycles. The Hall–Kier alpha value is -3.07. The zero-order valence-electron chi connectivity index (χ0n) is 16.4. The van der Waals surface area contributed by atoms with Gasteiger partial charge < -0.3 is 0 Å². The van der Waals surface area contributed by atoms with Gasteiger partial charge in [0, 0.05) is 11.6 Å². The molecule has 1 aromatic carbocycles. The van der Waals surface area contributed by atoms with Crippen molar-refractivity contribution in [2.75, 3.05) is 4.31 Å². The molecule has 3 aromatic heterocycles. The molecule has 0 radical (unpaired) electrons. The number of anilines is 2. The fraction of sp³-hybridized carbons (Fsp3) is 0.250. The van der Waals surface area contributed by atoms with Crippen molar-refractivity contribution < 1.29 is 12.8 Å². The number of aromatic nitrogens is 4. The van der Waals surface area contributed by atoms with Crippen molar-refractivity contribution >= 4 is 43.5 Å². The molecule has 0 atom stereocenters. The van der Waals surface area contributed by atoms with Crippen LogP contribution in [-0.2, 0) is 10.0 Å². The van der Waals surface area contributed by atoms with Crippen LogP contribution in [-0.4, -0.2) is 33.3 Å². The van der Waals surface area contributed by atoms with Crippen molar-refractivity contribution in [2.45, 2.75) is 32.4 Å². The summed E-state index contributed by atoms with van der Waals surface area (Å²) in [5, 5.41) is 7.86. The number of rotatable bonds is 3. The molecule has 0 bridgehead atoms. The highest BCUT2D eigenvalue weighted by molar-refractivity contribution is 7.94. The SMILES string of the molecule is Cc1nc2[nH]nc(N(c3ccnc4ccccc34)S(=O)(=O)C(C)(C)C)c2cc1F. The van der Waals surface area contributed by atoms with E-state index in [4.69, 9.17) is 0 Å². The van der Waals surface area contributed by atoms with Gasteiger partial charge in [0.15, 0.2) is 11.5 Å². The van der Waals surface area contributed by atoms with Crippen molar-refractivity contribution in [3.63, 3.8) is 0 Å². The number of nitrogens with zero attached hydrogens (tertiary/aromatic N) is 4. The molecular formula is C20H20FN5O2S. The molecule has 0 saturated carbocycles. The lowest BCUT2D eigenvalue weighted by Crippen LogP contribution is -2.40. The van der Waals surface area contributed by atoms with Gasteiger partial charge in [0.05, 0.1) is 27.0 Å². The van der Waals surface area contributed by atoms with E-state index in [0.29, 0.717) is 22.2 Å². The number of hydrogen-bond donors (Lipinski definition) is 1. The molecule has 3 heterocycles. The third kappa shape index (κ3) is 3.02. The van der Waals surface area contributed by atoms with Gasteiger partial charge in [-0.15, -0.1) is 0 Å². The van der Waals surface area contributed by atoms with Crippen LogP contribution >= 0.6 is 0 Å². The maximum atomic E-state index is 14.3. The molecule has 9 heteroatoms. The molecular weight excluding hydrogens is 393 g/mol. The van der Waals surface area contributed by atoms with Crippen LogP contribution in [0, 0.1) is 12.7 Å². The average molecular weight is 413 g/mol. The summed E-state index contributed by atoms with van der Waals surface area (Å²) in [6.45, 7) is 6.36. The molecule has 0 aliphatic rings. The Morgan fingerprint density at radius 2 is 1.83 bits per heavy atom. The Bertz CT molecular complexity index is 1340. The van der Waals surface area contributed by atoms with Gasteiger partial charge in [-0.05, 0) is 45.9 Å². The molecule has 0 amide bonds. The number of nitrogens with one attached hydrogen (secondary N) is 1. The van der Waals surface area contributed by atoms with E-state index in [-0.39, 0.29) is 16.9 Å². The first-order chi connectivity index (χ1) is 13.6. The van der Waals surface area contributed by atoms with Crippen molar-refractivity contribution in [1.29, 1.82) is 0 Å². The first-order valence-electron chi connectivity index (χ1n) is 9.01. The number of aryl methyl sites for hydroxylation is 1. The second-order valence-electron chi connectivity index (χ2n) is 7.73. The van der Waals surface area contributed by atoms with E-state index in [2.05, 4.69) is 20.2 Å². The minimum atomic E-state index is -3.95. The minimum Gasteiger partial charge on any atom is -0.259 e. The highest BCUT2D eigenvalue weighted by Gasteiger charge is 2.39. The molecule has 4 aromatic rings. The molecule has 0 fully saturated rings. The van der Waals surface area contributed by atoms with Crippen molar-refractivity contribution in [3.8, 4) is 0 Å². The quantitative estimate of drug-likeness (QED) is 0.543. The largest absolute Gasteiger partial charge is 0.259 e. The van der Waals surface area contributed by atoms with E-state index < -0.39 is 20.6 Å². The predicted octanol–water partition coefficient (Wildman–Crippen LogP) is 4.22. The Balaban J connectivity index is 2.10. The number of sulfonamides is 1. The van der Waals surface area contributed by atoms with Gasteiger partial charge in [-0.25, -0.2) is 22.1 Å². The second-order valence-corrected chi connectivity index (χ2v) is 10.3. The van der Waals surface area contributed by atoms with Gasteiger partial charge in [0.1, 0.15) is 5.82 Å². The first-order valence-corrected chi connectivity index (χ1v) is 10.4. The number of fused-ring (bicyclic) bond motifs is 2. The van der Waals surface area contributed by atoms with Crippen LogP contribution in [0.3, 0.4) is 0 Å². The van der Waals surface area contributed by atoms with Crippen molar-refractivity contribution in [3.05, 3.63) is 54.1 Å². The van der Waals surface area contributed by atoms with Gasteiger partial charge in [0.2, 0.25) is 10.0 Å². The molecule has 0 saturated heterocycles. The van der Waals surface area contributed by atoms with Crippen LogP contribution in [0.1, 0.15) is 26.5 Å². The number of aromatic amines is 1. The van der Waals surface area contributed by atoms with Gasteiger partial charge in [-0.2, -0.15) is 5.10 Å². The smallest absolute Gasteiger partial charge is 0.245 e. The number of para-hydroxylation sites is 1. The zero-order chi connectivity index (χ0) is 21.0. The molecule has 0 aliphatic heterocycles. The van der Waals surface area contributed by atoms with Gasteiger partial charge >= 0.3 is 0 Å². The number of benzene rings is 1. The van der Waals surface area contributed by atoms with Crippen LogP contribution < -0.4 is 4.31 Å². The number of pyridine rings is 2. The van der Waals surface area contributed by atoms with E-state index in [1.54, 1.807) is 45.2 Å². The Morgan fingerprint density at radius 3 is 2.55 bits per heavy atom. The molecule has 150 valence electrons. The van der Waals surface area contributed by atoms with Gasteiger partial charge in [-0.1, -0.05) is 18.2 Å². The first kappa shape index (κ1) is 19.3. The summed E-state index contributed by atoms with van der Waals surface area (Å²) >= 11 is 0. The predicted molar refractivity (Wildman–Crippen MR) is 111 cm³/mol. The lowest BCUT2D eigenvalue weighted by atomic mass is 10.2. The fourth-order valence-corrected chi connectivity index (χ4v) is 4.38. The van der Waals surface area contributed by atoms with Crippen molar-refractivity contribution in [1.82, 2.24) is 20.2 Å². The van der Waals surface area contributed by atoms with Crippen LogP contribution in [0.25, 0.3) is 21.9 Å². The van der Waals surface area contributed by atoms with E-state index in [0.717, 1.165) is 4.31 Å². The second kappa shape index (κ2) is 6.48. The monoisotopic (exact) mass is 413 g/mol. The van der Waals surface area contributed by atoms with Crippen LogP contribution in [0.4, 0.5) is 15.9 Å². The topological polar surface area (TPSA) is 91.8 Å². The van der Waals surface area contributed by atoms with E-state index in [1.165, 1.54) is 13.0 Å².